The summed E-state index contributed by atoms with van der Waals surface area (Å²) in [5.41, 5.74) is 0.916. The van der Waals surface area contributed by atoms with Gasteiger partial charge in [-0.1, -0.05) is 52.9 Å². The number of hydrogen-bond donors (Lipinski definition) is 1. The normalized spacial score (nSPS) is 16.3. The Morgan fingerprint density at radius 2 is 1.96 bits per heavy atom. The highest BCUT2D eigenvalue weighted by molar-refractivity contribution is 5.75. The number of aromatic nitrogens is 1. The van der Waals surface area contributed by atoms with Crippen LogP contribution in [0.1, 0.15) is 89.5 Å². The summed E-state index contributed by atoms with van der Waals surface area (Å²) in [7, 11) is 0. The summed E-state index contributed by atoms with van der Waals surface area (Å²) in [6.45, 7) is 9.03. The van der Waals surface area contributed by atoms with E-state index >= 15 is 0 Å². The minimum absolute atomic E-state index is 0.0592. The molecule has 1 aliphatic rings. The van der Waals surface area contributed by atoms with Crippen molar-refractivity contribution in [2.75, 3.05) is 6.54 Å². The Kier molecular flexibility index (Phi) is 6.88. The Balaban J connectivity index is 1.63. The Hall–Kier alpha value is -1.32. The summed E-state index contributed by atoms with van der Waals surface area (Å²) >= 11 is 0. The van der Waals surface area contributed by atoms with Gasteiger partial charge in [0.2, 0.25) is 5.91 Å². The van der Waals surface area contributed by atoms with Gasteiger partial charge in [0.1, 0.15) is 5.76 Å². The first-order chi connectivity index (χ1) is 11.4. The first-order valence-corrected chi connectivity index (χ1v) is 9.59. The van der Waals surface area contributed by atoms with E-state index in [1.54, 1.807) is 0 Å². The van der Waals surface area contributed by atoms with Crippen molar-refractivity contribution in [2.45, 2.75) is 90.9 Å². The van der Waals surface area contributed by atoms with Crippen LogP contribution in [-0.4, -0.2) is 17.4 Å². The van der Waals surface area contributed by atoms with Gasteiger partial charge in [0.05, 0.1) is 5.69 Å². The van der Waals surface area contributed by atoms with Gasteiger partial charge < -0.3 is 9.73 Å². The van der Waals surface area contributed by atoms with E-state index in [2.05, 4.69) is 31.1 Å². The van der Waals surface area contributed by atoms with Crippen LogP contribution in [0.15, 0.2) is 4.42 Å². The molecule has 1 N–H and O–H groups in total. The molecule has 4 nitrogen and oxygen atoms in total. The van der Waals surface area contributed by atoms with Crippen molar-refractivity contribution < 1.29 is 9.21 Å². The molecule has 4 heteroatoms. The zero-order chi connectivity index (χ0) is 17.6. The second-order valence-electron chi connectivity index (χ2n) is 8.27. The average molecular weight is 335 g/mol. The molecule has 1 aromatic rings. The molecule has 0 atom stereocenters. The van der Waals surface area contributed by atoms with Gasteiger partial charge in [0.15, 0.2) is 5.89 Å². The lowest BCUT2D eigenvalue weighted by molar-refractivity contribution is -0.121. The topological polar surface area (TPSA) is 55.1 Å². The molecule has 0 radical (unpaired) electrons. The first kappa shape index (κ1) is 19.0. The van der Waals surface area contributed by atoms with Gasteiger partial charge in [-0.15, -0.1) is 0 Å². The van der Waals surface area contributed by atoms with Crippen LogP contribution in [0, 0.1) is 12.8 Å². The largest absolute Gasteiger partial charge is 0.445 e. The number of oxazole rings is 1. The van der Waals surface area contributed by atoms with E-state index in [1.807, 2.05) is 6.92 Å². The number of carbonyl (C=O) groups is 1. The molecule has 1 heterocycles. The summed E-state index contributed by atoms with van der Waals surface area (Å²) in [4.78, 5) is 16.5. The third-order valence-electron chi connectivity index (χ3n) is 4.94. The highest BCUT2D eigenvalue weighted by Crippen LogP contribution is 2.27. The molecule has 1 saturated carbocycles. The van der Waals surface area contributed by atoms with Crippen molar-refractivity contribution in [3.05, 3.63) is 17.3 Å². The SMILES string of the molecule is Cc1nc(C(C)(C)C)oc1CCCNC(=O)CCC1CCCCC1. The van der Waals surface area contributed by atoms with Crippen LogP contribution in [0.5, 0.6) is 0 Å². The lowest BCUT2D eigenvalue weighted by Gasteiger charge is -2.20. The van der Waals surface area contributed by atoms with Gasteiger partial charge in [-0.2, -0.15) is 0 Å². The molecule has 0 aromatic carbocycles. The number of amides is 1. The van der Waals surface area contributed by atoms with Crippen molar-refractivity contribution in [3.8, 4) is 0 Å². The average Bonchev–Trinajstić information content (AvgIpc) is 2.92. The van der Waals surface area contributed by atoms with Crippen LogP contribution >= 0.6 is 0 Å². The van der Waals surface area contributed by atoms with Gasteiger partial charge in [0, 0.05) is 24.8 Å². The van der Waals surface area contributed by atoms with Crippen molar-refractivity contribution in [3.63, 3.8) is 0 Å². The van der Waals surface area contributed by atoms with E-state index in [-0.39, 0.29) is 11.3 Å². The smallest absolute Gasteiger partial charge is 0.220 e. The van der Waals surface area contributed by atoms with E-state index in [9.17, 15) is 4.79 Å². The molecule has 24 heavy (non-hydrogen) atoms. The Labute approximate surface area is 146 Å². The third-order valence-corrected chi connectivity index (χ3v) is 4.94. The van der Waals surface area contributed by atoms with E-state index < -0.39 is 0 Å². The molecule has 0 aliphatic heterocycles. The van der Waals surface area contributed by atoms with Crippen LogP contribution in [0.4, 0.5) is 0 Å². The van der Waals surface area contributed by atoms with Gasteiger partial charge >= 0.3 is 0 Å². The van der Waals surface area contributed by atoms with Crippen molar-refractivity contribution >= 4 is 5.91 Å². The molecule has 0 bridgehead atoms. The number of nitrogens with zero attached hydrogens (tertiary/aromatic N) is 1. The Morgan fingerprint density at radius 3 is 2.58 bits per heavy atom. The lowest BCUT2D eigenvalue weighted by Crippen LogP contribution is -2.25. The number of nitrogens with one attached hydrogen (secondary N) is 1. The van der Waals surface area contributed by atoms with Gasteiger partial charge in [0.25, 0.3) is 0 Å². The fourth-order valence-corrected chi connectivity index (χ4v) is 3.36. The fraction of sp³-hybridized carbons (Fsp3) is 0.800. The number of carbonyl (C=O) groups excluding carboxylic acids is 1. The number of rotatable bonds is 7. The van der Waals surface area contributed by atoms with Crippen LogP contribution in [0.2, 0.25) is 0 Å². The molecular formula is C20H34N2O2. The molecule has 0 unspecified atom stereocenters. The second-order valence-corrected chi connectivity index (χ2v) is 8.27. The van der Waals surface area contributed by atoms with Crippen molar-refractivity contribution in [1.29, 1.82) is 0 Å². The van der Waals surface area contributed by atoms with Gasteiger partial charge in [-0.25, -0.2) is 4.98 Å². The van der Waals surface area contributed by atoms with Gasteiger partial charge in [-0.3, -0.25) is 4.79 Å². The predicted molar refractivity (Wildman–Crippen MR) is 97.1 cm³/mol. The molecule has 1 aromatic heterocycles. The predicted octanol–water partition coefficient (Wildman–Crippen LogP) is 4.69. The van der Waals surface area contributed by atoms with Crippen LogP contribution in [0.25, 0.3) is 0 Å². The molecule has 1 amide bonds. The van der Waals surface area contributed by atoms with E-state index in [1.165, 1.54) is 32.1 Å². The summed E-state index contributed by atoms with van der Waals surface area (Å²) < 4.78 is 5.89. The van der Waals surface area contributed by atoms with Gasteiger partial charge in [-0.05, 0) is 25.7 Å². The van der Waals surface area contributed by atoms with Crippen molar-refractivity contribution in [2.24, 2.45) is 5.92 Å². The van der Waals surface area contributed by atoms with E-state index in [4.69, 9.17) is 4.42 Å². The maximum atomic E-state index is 12.0. The molecular weight excluding hydrogens is 300 g/mol. The zero-order valence-corrected chi connectivity index (χ0v) is 15.9. The summed E-state index contributed by atoms with van der Waals surface area (Å²) in [6.07, 6.45) is 10.2. The number of hydrogen-bond acceptors (Lipinski definition) is 3. The molecule has 2 rings (SSSR count). The van der Waals surface area contributed by atoms with Crippen LogP contribution in [-0.2, 0) is 16.6 Å². The minimum atomic E-state index is -0.0592. The molecule has 1 fully saturated rings. The highest BCUT2D eigenvalue weighted by Gasteiger charge is 2.22. The fourth-order valence-electron chi connectivity index (χ4n) is 3.36. The summed E-state index contributed by atoms with van der Waals surface area (Å²) in [5.74, 6) is 2.73. The zero-order valence-electron chi connectivity index (χ0n) is 15.9. The van der Waals surface area contributed by atoms with E-state index in [0.29, 0.717) is 13.0 Å². The second kappa shape index (κ2) is 8.68. The monoisotopic (exact) mass is 334 g/mol. The molecule has 1 aliphatic carbocycles. The quantitative estimate of drug-likeness (QED) is 0.736. The standard InChI is InChI=1S/C20H34N2O2/c1-15-17(24-19(22-15)20(2,3)4)11-8-14-21-18(23)13-12-16-9-6-5-7-10-16/h16H,5-14H2,1-4H3,(H,21,23). The lowest BCUT2D eigenvalue weighted by atomic mass is 9.86. The third kappa shape index (κ3) is 5.95. The minimum Gasteiger partial charge on any atom is -0.445 e. The Bertz CT molecular complexity index is 522. The number of aryl methyl sites for hydroxylation is 2. The maximum Gasteiger partial charge on any atom is 0.220 e. The molecule has 136 valence electrons. The summed E-state index contributed by atoms with van der Waals surface area (Å²) in [5, 5.41) is 3.05. The first-order valence-electron chi connectivity index (χ1n) is 9.59. The highest BCUT2D eigenvalue weighted by atomic mass is 16.4. The van der Waals surface area contributed by atoms with Crippen LogP contribution in [0.3, 0.4) is 0 Å². The molecule has 0 saturated heterocycles. The Morgan fingerprint density at radius 1 is 1.25 bits per heavy atom. The van der Waals surface area contributed by atoms with Crippen molar-refractivity contribution in [1.82, 2.24) is 10.3 Å². The maximum absolute atomic E-state index is 12.0. The van der Waals surface area contributed by atoms with E-state index in [0.717, 1.165) is 42.5 Å². The summed E-state index contributed by atoms with van der Waals surface area (Å²) in [6, 6.07) is 0. The van der Waals surface area contributed by atoms with Crippen LogP contribution < -0.4 is 5.32 Å². The molecule has 0 spiro atoms.